The summed E-state index contributed by atoms with van der Waals surface area (Å²) in [5, 5.41) is 3.60. The molecule has 0 unspecified atom stereocenters. The SMILES string of the molecule is Cn1ccnc1[C@H]1OCC[C@@H]1NCc1nccn1-c1ccccc1. The molecule has 6 nitrogen and oxygen atoms in total. The highest BCUT2D eigenvalue weighted by Gasteiger charge is 2.32. The van der Waals surface area contributed by atoms with Crippen molar-refractivity contribution in [3.8, 4) is 5.69 Å². The molecule has 1 aromatic carbocycles. The topological polar surface area (TPSA) is 56.9 Å². The summed E-state index contributed by atoms with van der Waals surface area (Å²) < 4.78 is 10.0. The molecule has 1 saturated heterocycles. The maximum atomic E-state index is 5.90. The van der Waals surface area contributed by atoms with Crippen LogP contribution in [0.25, 0.3) is 5.69 Å². The lowest BCUT2D eigenvalue weighted by atomic mass is 10.1. The number of para-hydroxylation sites is 1. The Hall–Kier alpha value is -2.44. The fourth-order valence-corrected chi connectivity index (χ4v) is 3.22. The van der Waals surface area contributed by atoms with E-state index in [1.165, 1.54) is 0 Å². The van der Waals surface area contributed by atoms with Gasteiger partial charge in [-0.15, -0.1) is 0 Å². The van der Waals surface area contributed by atoms with Gasteiger partial charge in [-0.3, -0.25) is 0 Å². The highest BCUT2D eigenvalue weighted by molar-refractivity contribution is 5.32. The molecule has 0 radical (unpaired) electrons. The number of aryl methyl sites for hydroxylation is 1. The minimum absolute atomic E-state index is 0.00913. The van der Waals surface area contributed by atoms with Gasteiger partial charge in [-0.25, -0.2) is 9.97 Å². The van der Waals surface area contributed by atoms with Gasteiger partial charge in [0.2, 0.25) is 0 Å². The molecule has 6 heteroatoms. The Morgan fingerprint density at radius 1 is 1.17 bits per heavy atom. The predicted octanol–water partition coefficient (Wildman–Crippen LogP) is 2.23. The fraction of sp³-hybridized carbons (Fsp3) is 0.333. The van der Waals surface area contributed by atoms with Crippen LogP contribution in [-0.4, -0.2) is 31.8 Å². The number of aromatic nitrogens is 4. The van der Waals surface area contributed by atoms with Crippen molar-refractivity contribution >= 4 is 0 Å². The lowest BCUT2D eigenvalue weighted by Gasteiger charge is -2.20. The van der Waals surface area contributed by atoms with E-state index in [1.54, 1.807) is 0 Å². The summed E-state index contributed by atoms with van der Waals surface area (Å²) in [6.45, 7) is 1.44. The van der Waals surface area contributed by atoms with E-state index >= 15 is 0 Å². The Balaban J connectivity index is 1.48. The minimum atomic E-state index is -0.00913. The third-order valence-corrected chi connectivity index (χ3v) is 4.48. The standard InChI is InChI=1S/C18H21N5O/c1-22-10-8-20-18(22)17-15(7-12-24-17)21-13-16-19-9-11-23(16)14-5-3-2-4-6-14/h2-6,8-11,15,17,21H,7,12-13H2,1H3/t15-,17-/m0/s1. The number of rotatable bonds is 5. The first-order valence-electron chi connectivity index (χ1n) is 8.23. The van der Waals surface area contributed by atoms with Crippen LogP contribution >= 0.6 is 0 Å². The zero-order valence-corrected chi connectivity index (χ0v) is 13.7. The molecule has 1 fully saturated rings. The lowest BCUT2D eigenvalue weighted by molar-refractivity contribution is 0.0891. The molecule has 24 heavy (non-hydrogen) atoms. The van der Waals surface area contributed by atoms with Crippen molar-refractivity contribution in [2.24, 2.45) is 7.05 Å². The summed E-state index contributed by atoms with van der Waals surface area (Å²) in [7, 11) is 2.00. The van der Waals surface area contributed by atoms with E-state index in [0.29, 0.717) is 6.54 Å². The summed E-state index contributed by atoms with van der Waals surface area (Å²) in [6.07, 6.45) is 8.57. The average Bonchev–Trinajstić information content (AvgIpc) is 3.33. The maximum absolute atomic E-state index is 5.90. The van der Waals surface area contributed by atoms with Crippen molar-refractivity contribution in [3.63, 3.8) is 0 Å². The highest BCUT2D eigenvalue weighted by atomic mass is 16.5. The van der Waals surface area contributed by atoms with Gasteiger partial charge in [-0.05, 0) is 18.6 Å². The summed E-state index contributed by atoms with van der Waals surface area (Å²) in [5.74, 6) is 1.96. The molecule has 1 N–H and O–H groups in total. The molecule has 3 aromatic rings. The van der Waals surface area contributed by atoms with Crippen molar-refractivity contribution in [3.05, 3.63) is 66.8 Å². The van der Waals surface area contributed by atoms with E-state index < -0.39 is 0 Å². The number of nitrogens with one attached hydrogen (secondary N) is 1. The van der Waals surface area contributed by atoms with Gasteiger partial charge in [-0.2, -0.15) is 0 Å². The van der Waals surface area contributed by atoms with Gasteiger partial charge in [-0.1, -0.05) is 18.2 Å². The largest absolute Gasteiger partial charge is 0.369 e. The Morgan fingerprint density at radius 3 is 2.79 bits per heavy atom. The molecule has 0 spiro atoms. The van der Waals surface area contributed by atoms with E-state index in [1.807, 2.05) is 54.6 Å². The van der Waals surface area contributed by atoms with Crippen LogP contribution in [0.3, 0.4) is 0 Å². The van der Waals surface area contributed by atoms with Crippen LogP contribution in [0.5, 0.6) is 0 Å². The summed E-state index contributed by atoms with van der Waals surface area (Å²) in [6, 6.07) is 10.5. The Bertz CT molecular complexity index is 795. The van der Waals surface area contributed by atoms with Crippen molar-refractivity contribution in [2.75, 3.05) is 6.61 Å². The quantitative estimate of drug-likeness (QED) is 0.782. The molecule has 0 bridgehead atoms. The predicted molar refractivity (Wildman–Crippen MR) is 90.7 cm³/mol. The number of nitrogens with zero attached hydrogens (tertiary/aromatic N) is 4. The van der Waals surface area contributed by atoms with Crippen molar-refractivity contribution in [1.29, 1.82) is 0 Å². The van der Waals surface area contributed by atoms with Crippen molar-refractivity contribution < 1.29 is 4.74 Å². The summed E-state index contributed by atoms with van der Waals surface area (Å²) in [4.78, 5) is 8.93. The number of hydrogen-bond donors (Lipinski definition) is 1. The highest BCUT2D eigenvalue weighted by Crippen LogP contribution is 2.28. The van der Waals surface area contributed by atoms with E-state index in [0.717, 1.165) is 30.4 Å². The minimum Gasteiger partial charge on any atom is -0.369 e. The Kier molecular flexibility index (Phi) is 4.15. The molecular formula is C18H21N5O. The van der Waals surface area contributed by atoms with E-state index in [9.17, 15) is 0 Å². The lowest BCUT2D eigenvalue weighted by Crippen LogP contribution is -2.33. The molecule has 124 valence electrons. The molecule has 0 aliphatic carbocycles. The molecule has 1 aliphatic rings. The Morgan fingerprint density at radius 2 is 2.00 bits per heavy atom. The van der Waals surface area contributed by atoms with Crippen LogP contribution in [0.2, 0.25) is 0 Å². The number of imidazole rings is 2. The van der Waals surface area contributed by atoms with Crippen molar-refractivity contribution in [1.82, 2.24) is 24.4 Å². The van der Waals surface area contributed by atoms with Crippen LogP contribution in [0.15, 0.2) is 55.1 Å². The first-order valence-corrected chi connectivity index (χ1v) is 8.23. The first-order chi connectivity index (χ1) is 11.8. The second-order valence-corrected chi connectivity index (χ2v) is 6.01. The molecule has 4 rings (SSSR count). The average molecular weight is 323 g/mol. The number of benzene rings is 1. The summed E-state index contributed by atoms with van der Waals surface area (Å²) in [5.41, 5.74) is 1.12. The zero-order chi connectivity index (χ0) is 16.4. The third-order valence-electron chi connectivity index (χ3n) is 4.48. The van der Waals surface area contributed by atoms with Gasteiger partial charge in [0.15, 0.2) is 0 Å². The van der Waals surface area contributed by atoms with Gasteiger partial charge in [0.1, 0.15) is 17.8 Å². The normalized spacial score (nSPS) is 20.5. The van der Waals surface area contributed by atoms with Crippen LogP contribution in [0, 0.1) is 0 Å². The molecule has 2 atom stereocenters. The van der Waals surface area contributed by atoms with Crippen LogP contribution in [0.4, 0.5) is 0 Å². The maximum Gasteiger partial charge on any atom is 0.139 e. The van der Waals surface area contributed by atoms with Crippen molar-refractivity contribution in [2.45, 2.75) is 25.1 Å². The second-order valence-electron chi connectivity index (χ2n) is 6.01. The van der Waals surface area contributed by atoms with E-state index in [4.69, 9.17) is 4.74 Å². The molecule has 1 aliphatic heterocycles. The van der Waals surface area contributed by atoms with Gasteiger partial charge in [0.05, 0.1) is 6.54 Å². The first kappa shape index (κ1) is 15.1. The van der Waals surface area contributed by atoms with Gasteiger partial charge >= 0.3 is 0 Å². The number of hydrogen-bond acceptors (Lipinski definition) is 4. The zero-order valence-electron chi connectivity index (χ0n) is 13.7. The monoisotopic (exact) mass is 323 g/mol. The molecule has 0 amide bonds. The Labute approximate surface area is 141 Å². The number of ether oxygens (including phenoxy) is 1. The van der Waals surface area contributed by atoms with Crippen LogP contribution < -0.4 is 5.32 Å². The van der Waals surface area contributed by atoms with Gasteiger partial charge < -0.3 is 19.2 Å². The third kappa shape index (κ3) is 2.86. The second kappa shape index (κ2) is 6.59. The van der Waals surface area contributed by atoms with E-state index in [2.05, 4.69) is 32.0 Å². The fourth-order valence-electron chi connectivity index (χ4n) is 3.22. The van der Waals surface area contributed by atoms with Crippen LogP contribution in [-0.2, 0) is 18.3 Å². The van der Waals surface area contributed by atoms with Gasteiger partial charge in [0.25, 0.3) is 0 Å². The smallest absolute Gasteiger partial charge is 0.139 e. The molecular weight excluding hydrogens is 302 g/mol. The molecule has 2 aromatic heterocycles. The van der Waals surface area contributed by atoms with Gasteiger partial charge in [0, 0.05) is 50.2 Å². The molecule has 0 saturated carbocycles. The molecule has 3 heterocycles. The summed E-state index contributed by atoms with van der Waals surface area (Å²) >= 11 is 0. The van der Waals surface area contributed by atoms with E-state index in [-0.39, 0.29) is 12.1 Å². The van der Waals surface area contributed by atoms with Crippen LogP contribution in [0.1, 0.15) is 24.2 Å².